The molecule has 0 bridgehead atoms. The van der Waals surface area contributed by atoms with Crippen LogP contribution >= 0.6 is 0 Å². The fourth-order valence-electron chi connectivity index (χ4n) is 1.76. The summed E-state index contributed by atoms with van der Waals surface area (Å²) in [6, 6.07) is 3.12. The van der Waals surface area contributed by atoms with Gasteiger partial charge in [0.2, 0.25) is 0 Å². The summed E-state index contributed by atoms with van der Waals surface area (Å²) in [5.41, 5.74) is 5.45. The third-order valence-electron chi connectivity index (χ3n) is 3.01. The maximum atomic E-state index is 11.7. The van der Waals surface area contributed by atoms with Gasteiger partial charge in [-0.15, -0.1) is 0 Å². The van der Waals surface area contributed by atoms with E-state index in [9.17, 15) is 9.59 Å². The van der Waals surface area contributed by atoms with Crippen molar-refractivity contribution in [1.29, 1.82) is 0 Å². The van der Waals surface area contributed by atoms with Gasteiger partial charge in [-0.05, 0) is 31.4 Å². The number of amides is 1. The van der Waals surface area contributed by atoms with Gasteiger partial charge in [-0.25, -0.2) is 0 Å². The average Bonchev–Trinajstić information content (AvgIpc) is 2.24. The van der Waals surface area contributed by atoms with Crippen LogP contribution in [0.15, 0.2) is 23.1 Å². The second-order valence-electron chi connectivity index (χ2n) is 4.31. The van der Waals surface area contributed by atoms with Crippen LogP contribution in [-0.2, 0) is 0 Å². The van der Waals surface area contributed by atoms with Gasteiger partial charge in [0.25, 0.3) is 11.5 Å². The first kappa shape index (κ1) is 10.9. The molecule has 16 heavy (non-hydrogen) atoms. The Labute approximate surface area is 93.0 Å². The molecule has 1 aliphatic rings. The van der Waals surface area contributed by atoms with E-state index in [1.165, 1.54) is 12.3 Å². The van der Waals surface area contributed by atoms with Crippen LogP contribution in [0.5, 0.6) is 0 Å². The van der Waals surface area contributed by atoms with Gasteiger partial charge in [0.05, 0.1) is 0 Å². The number of rotatable bonds is 3. The van der Waals surface area contributed by atoms with Crippen molar-refractivity contribution < 1.29 is 4.79 Å². The second kappa shape index (κ2) is 4.09. The van der Waals surface area contributed by atoms with Crippen molar-refractivity contribution in [3.8, 4) is 0 Å². The van der Waals surface area contributed by atoms with Gasteiger partial charge in [-0.2, -0.15) is 0 Å². The first-order valence-corrected chi connectivity index (χ1v) is 5.36. The molecule has 4 N–H and O–H groups in total. The van der Waals surface area contributed by atoms with E-state index in [0.717, 1.165) is 19.3 Å². The van der Waals surface area contributed by atoms with Crippen LogP contribution in [0.2, 0.25) is 0 Å². The molecule has 0 atom stereocenters. The van der Waals surface area contributed by atoms with Crippen LogP contribution in [0.3, 0.4) is 0 Å². The third kappa shape index (κ3) is 2.14. The molecule has 1 aliphatic carbocycles. The Kier molecular flexibility index (Phi) is 2.78. The summed E-state index contributed by atoms with van der Waals surface area (Å²) in [5, 5.41) is 2.70. The fourth-order valence-corrected chi connectivity index (χ4v) is 1.76. The minimum Gasteiger partial charge on any atom is -0.350 e. The summed E-state index contributed by atoms with van der Waals surface area (Å²) in [5.74, 6) is -0.362. The molecule has 1 aromatic rings. The van der Waals surface area contributed by atoms with E-state index >= 15 is 0 Å². The molecule has 0 spiro atoms. The van der Waals surface area contributed by atoms with Crippen molar-refractivity contribution in [3.63, 3.8) is 0 Å². The molecular formula is C11H15N3O2. The SMILES string of the molecule is NC1(CNC(=O)c2ccc[nH]c2=O)CCC1. The van der Waals surface area contributed by atoms with E-state index in [1.54, 1.807) is 6.07 Å². The van der Waals surface area contributed by atoms with Crippen LogP contribution in [0.25, 0.3) is 0 Å². The Bertz CT molecular complexity index is 449. The lowest BCUT2D eigenvalue weighted by molar-refractivity contribution is 0.0928. The predicted octanol–water partition coefficient (Wildman–Crippen LogP) is -0.0139. The summed E-state index contributed by atoms with van der Waals surface area (Å²) in [4.78, 5) is 25.4. The summed E-state index contributed by atoms with van der Waals surface area (Å²) in [6.07, 6.45) is 4.46. The lowest BCUT2D eigenvalue weighted by Crippen LogP contribution is -2.55. The lowest BCUT2D eigenvalue weighted by atomic mass is 9.78. The molecule has 1 aromatic heterocycles. The molecule has 86 valence electrons. The largest absolute Gasteiger partial charge is 0.350 e. The maximum Gasteiger partial charge on any atom is 0.260 e. The molecule has 1 heterocycles. The minimum atomic E-state index is -0.375. The van der Waals surface area contributed by atoms with E-state index in [0.29, 0.717) is 6.54 Å². The third-order valence-corrected chi connectivity index (χ3v) is 3.01. The zero-order valence-electron chi connectivity index (χ0n) is 8.95. The second-order valence-corrected chi connectivity index (χ2v) is 4.31. The molecule has 0 aliphatic heterocycles. The highest BCUT2D eigenvalue weighted by molar-refractivity contribution is 5.93. The highest BCUT2D eigenvalue weighted by Crippen LogP contribution is 2.27. The Balaban J connectivity index is 1.98. The standard InChI is InChI=1S/C11H15N3O2/c12-11(4-2-5-11)7-14-10(16)8-3-1-6-13-9(8)15/h1,3,6H,2,4-5,7,12H2,(H,13,15)(H,14,16). The van der Waals surface area contributed by atoms with E-state index in [-0.39, 0.29) is 22.6 Å². The Morgan fingerprint density at radius 1 is 1.56 bits per heavy atom. The van der Waals surface area contributed by atoms with Crippen LogP contribution in [0, 0.1) is 0 Å². The highest BCUT2D eigenvalue weighted by atomic mass is 16.2. The minimum absolute atomic E-state index is 0.130. The van der Waals surface area contributed by atoms with E-state index < -0.39 is 0 Å². The van der Waals surface area contributed by atoms with Crippen molar-refractivity contribution in [2.24, 2.45) is 5.73 Å². The molecule has 1 amide bonds. The summed E-state index contributed by atoms with van der Waals surface area (Å²) in [6.45, 7) is 0.431. The van der Waals surface area contributed by atoms with E-state index in [4.69, 9.17) is 5.73 Å². The van der Waals surface area contributed by atoms with Gasteiger partial charge < -0.3 is 16.0 Å². The number of nitrogens with two attached hydrogens (primary N) is 1. The molecule has 2 rings (SSSR count). The molecule has 1 fully saturated rings. The molecule has 5 nitrogen and oxygen atoms in total. The fraction of sp³-hybridized carbons (Fsp3) is 0.455. The van der Waals surface area contributed by atoms with Crippen LogP contribution < -0.4 is 16.6 Å². The summed E-state index contributed by atoms with van der Waals surface area (Å²) in [7, 11) is 0. The number of nitrogens with one attached hydrogen (secondary N) is 2. The average molecular weight is 221 g/mol. The Morgan fingerprint density at radius 3 is 2.88 bits per heavy atom. The summed E-state index contributed by atoms with van der Waals surface area (Å²) >= 11 is 0. The molecule has 0 saturated heterocycles. The van der Waals surface area contributed by atoms with Crippen molar-refractivity contribution in [2.45, 2.75) is 24.8 Å². The quantitative estimate of drug-likeness (QED) is 0.670. The molecule has 5 heteroatoms. The van der Waals surface area contributed by atoms with E-state index in [1.807, 2.05) is 0 Å². The molecular weight excluding hydrogens is 206 g/mol. The van der Waals surface area contributed by atoms with Crippen molar-refractivity contribution in [2.75, 3.05) is 6.54 Å². The molecule has 0 radical (unpaired) electrons. The van der Waals surface area contributed by atoms with Gasteiger partial charge in [-0.1, -0.05) is 0 Å². The number of carbonyl (C=O) groups excluding carboxylic acids is 1. The smallest absolute Gasteiger partial charge is 0.260 e. The zero-order chi connectivity index (χ0) is 11.6. The maximum absolute atomic E-state index is 11.7. The Morgan fingerprint density at radius 2 is 2.31 bits per heavy atom. The number of hydrogen-bond donors (Lipinski definition) is 3. The predicted molar refractivity (Wildman–Crippen MR) is 60.2 cm³/mol. The van der Waals surface area contributed by atoms with Crippen molar-refractivity contribution >= 4 is 5.91 Å². The van der Waals surface area contributed by atoms with E-state index in [2.05, 4.69) is 10.3 Å². The topological polar surface area (TPSA) is 88.0 Å². The van der Waals surface area contributed by atoms with Gasteiger partial charge in [0, 0.05) is 18.3 Å². The normalized spacial score (nSPS) is 17.6. The highest BCUT2D eigenvalue weighted by Gasteiger charge is 2.32. The molecule has 0 unspecified atom stereocenters. The number of hydrogen-bond acceptors (Lipinski definition) is 3. The number of aromatic amines is 1. The first-order valence-electron chi connectivity index (χ1n) is 5.36. The van der Waals surface area contributed by atoms with Crippen LogP contribution in [-0.4, -0.2) is 23.0 Å². The monoisotopic (exact) mass is 221 g/mol. The molecule has 0 aromatic carbocycles. The van der Waals surface area contributed by atoms with Crippen molar-refractivity contribution in [1.82, 2.24) is 10.3 Å². The lowest BCUT2D eigenvalue weighted by Gasteiger charge is -2.38. The van der Waals surface area contributed by atoms with Crippen LogP contribution in [0.4, 0.5) is 0 Å². The van der Waals surface area contributed by atoms with Crippen molar-refractivity contribution in [3.05, 3.63) is 34.2 Å². The molecule has 1 saturated carbocycles. The number of H-pyrrole nitrogens is 1. The first-order chi connectivity index (χ1) is 7.61. The van der Waals surface area contributed by atoms with Crippen LogP contribution in [0.1, 0.15) is 29.6 Å². The summed E-state index contributed by atoms with van der Waals surface area (Å²) < 4.78 is 0. The van der Waals surface area contributed by atoms with Gasteiger partial charge >= 0.3 is 0 Å². The van der Waals surface area contributed by atoms with Gasteiger partial charge in [-0.3, -0.25) is 9.59 Å². The number of aromatic nitrogens is 1. The number of pyridine rings is 1. The van der Waals surface area contributed by atoms with Gasteiger partial charge in [0.15, 0.2) is 0 Å². The number of carbonyl (C=O) groups is 1. The zero-order valence-corrected chi connectivity index (χ0v) is 8.95. The van der Waals surface area contributed by atoms with Gasteiger partial charge in [0.1, 0.15) is 5.56 Å². The Hall–Kier alpha value is -1.62.